The van der Waals surface area contributed by atoms with E-state index in [-0.39, 0.29) is 11.9 Å². The number of carbonyl (C=O) groups excluding carboxylic acids is 1. The lowest BCUT2D eigenvalue weighted by atomic mass is 9.99. The van der Waals surface area contributed by atoms with Crippen molar-refractivity contribution in [2.45, 2.75) is 31.8 Å². The van der Waals surface area contributed by atoms with Crippen LogP contribution in [0.15, 0.2) is 0 Å². The minimum atomic E-state index is -0.784. The van der Waals surface area contributed by atoms with E-state index >= 15 is 0 Å². The maximum atomic E-state index is 10.8. The molecule has 0 spiro atoms. The van der Waals surface area contributed by atoms with Gasteiger partial charge in [0.1, 0.15) is 6.04 Å². The number of hydrogen-bond acceptors (Lipinski definition) is 3. The molecule has 5 nitrogen and oxygen atoms in total. The van der Waals surface area contributed by atoms with Gasteiger partial charge < -0.3 is 10.4 Å². The molecule has 1 heterocycles. The molecular formula is C9H16N2O3. The maximum Gasteiger partial charge on any atom is 0.320 e. The number of nitrogens with zero attached hydrogens (tertiary/aromatic N) is 1. The monoisotopic (exact) mass is 200 g/mol. The highest BCUT2D eigenvalue weighted by Crippen LogP contribution is 2.15. The van der Waals surface area contributed by atoms with E-state index in [1.165, 1.54) is 6.92 Å². The number of likely N-dealkylation sites (tertiary alicyclic amines) is 1. The Labute approximate surface area is 83.1 Å². The number of amides is 1. The van der Waals surface area contributed by atoms with E-state index in [1.807, 2.05) is 0 Å². The van der Waals surface area contributed by atoms with Crippen LogP contribution < -0.4 is 5.32 Å². The Kier molecular flexibility index (Phi) is 3.46. The van der Waals surface area contributed by atoms with Gasteiger partial charge in [-0.3, -0.25) is 14.5 Å². The molecule has 80 valence electrons. The molecule has 0 aliphatic carbocycles. The van der Waals surface area contributed by atoms with Crippen LogP contribution in [-0.2, 0) is 9.59 Å². The largest absolute Gasteiger partial charge is 0.480 e. The van der Waals surface area contributed by atoms with Gasteiger partial charge in [0.05, 0.1) is 0 Å². The molecule has 14 heavy (non-hydrogen) atoms. The van der Waals surface area contributed by atoms with E-state index in [0.29, 0.717) is 13.0 Å². The van der Waals surface area contributed by atoms with Gasteiger partial charge in [-0.25, -0.2) is 0 Å². The summed E-state index contributed by atoms with van der Waals surface area (Å²) in [6, 6.07) is -0.312. The van der Waals surface area contributed by atoms with Gasteiger partial charge in [-0.1, -0.05) is 0 Å². The van der Waals surface area contributed by atoms with E-state index in [0.717, 1.165) is 6.42 Å². The smallest absolute Gasteiger partial charge is 0.320 e. The van der Waals surface area contributed by atoms with Gasteiger partial charge in [0.15, 0.2) is 0 Å². The second-order valence-electron chi connectivity index (χ2n) is 3.77. The first-order valence-electron chi connectivity index (χ1n) is 4.71. The third kappa shape index (κ3) is 2.70. The van der Waals surface area contributed by atoms with Crippen molar-refractivity contribution < 1.29 is 14.7 Å². The fraction of sp³-hybridized carbons (Fsp3) is 0.778. The number of hydrogen-bond donors (Lipinski definition) is 2. The molecule has 1 aliphatic rings. The van der Waals surface area contributed by atoms with Crippen molar-refractivity contribution in [2.24, 2.45) is 0 Å². The number of likely N-dealkylation sites (N-methyl/N-ethyl adjacent to an activating group) is 1. The second-order valence-corrected chi connectivity index (χ2v) is 3.77. The average molecular weight is 200 g/mol. The van der Waals surface area contributed by atoms with Crippen LogP contribution in [0.5, 0.6) is 0 Å². The third-order valence-corrected chi connectivity index (χ3v) is 2.52. The Bertz CT molecular complexity index is 242. The second kappa shape index (κ2) is 4.41. The highest BCUT2D eigenvalue weighted by molar-refractivity contribution is 5.74. The summed E-state index contributed by atoms with van der Waals surface area (Å²) in [6.45, 7) is 2.08. The molecule has 0 aromatic carbocycles. The SMILES string of the molecule is CC(=O)NC1CCC(C(=O)O)N(C)C1. The molecular weight excluding hydrogens is 184 g/mol. The molecule has 0 saturated carbocycles. The molecule has 1 rings (SSSR count). The van der Waals surface area contributed by atoms with Crippen molar-refractivity contribution in [1.29, 1.82) is 0 Å². The molecule has 0 bridgehead atoms. The first-order chi connectivity index (χ1) is 6.50. The summed E-state index contributed by atoms with van der Waals surface area (Å²) < 4.78 is 0. The molecule has 1 aliphatic heterocycles. The molecule has 0 aromatic rings. The lowest BCUT2D eigenvalue weighted by Gasteiger charge is -2.34. The van der Waals surface area contributed by atoms with Gasteiger partial charge in [-0.2, -0.15) is 0 Å². The summed E-state index contributed by atoms with van der Waals surface area (Å²) in [6.07, 6.45) is 1.33. The van der Waals surface area contributed by atoms with Gasteiger partial charge in [-0.05, 0) is 19.9 Å². The number of carboxylic acid groups (broad SMARTS) is 1. The predicted molar refractivity (Wildman–Crippen MR) is 50.9 cm³/mol. The third-order valence-electron chi connectivity index (χ3n) is 2.52. The van der Waals surface area contributed by atoms with Crippen LogP contribution in [0.1, 0.15) is 19.8 Å². The van der Waals surface area contributed by atoms with Crippen molar-refractivity contribution in [3.05, 3.63) is 0 Å². The Hall–Kier alpha value is -1.10. The first kappa shape index (κ1) is 11.0. The highest BCUT2D eigenvalue weighted by Gasteiger charge is 2.30. The summed E-state index contributed by atoms with van der Waals surface area (Å²) in [7, 11) is 1.77. The van der Waals surface area contributed by atoms with Crippen molar-refractivity contribution in [1.82, 2.24) is 10.2 Å². The Morgan fingerprint density at radius 2 is 2.07 bits per heavy atom. The van der Waals surface area contributed by atoms with Crippen molar-refractivity contribution in [3.63, 3.8) is 0 Å². The van der Waals surface area contributed by atoms with E-state index in [4.69, 9.17) is 5.11 Å². The number of nitrogens with one attached hydrogen (secondary N) is 1. The number of carboxylic acids is 1. The first-order valence-corrected chi connectivity index (χ1v) is 4.71. The molecule has 5 heteroatoms. The zero-order valence-corrected chi connectivity index (χ0v) is 8.49. The fourth-order valence-corrected chi connectivity index (χ4v) is 1.86. The normalized spacial score (nSPS) is 28.4. The van der Waals surface area contributed by atoms with Gasteiger partial charge >= 0.3 is 5.97 Å². The van der Waals surface area contributed by atoms with Gasteiger partial charge in [0.2, 0.25) is 5.91 Å². The number of aliphatic carboxylic acids is 1. The summed E-state index contributed by atoms with van der Waals surface area (Å²) in [4.78, 5) is 23.3. The number of carbonyl (C=O) groups is 2. The topological polar surface area (TPSA) is 69.6 Å². The van der Waals surface area contributed by atoms with Crippen LogP contribution in [0.3, 0.4) is 0 Å². The standard InChI is InChI=1S/C9H16N2O3/c1-6(12)10-7-3-4-8(9(13)14)11(2)5-7/h7-8H,3-5H2,1-2H3,(H,10,12)(H,13,14). The zero-order valence-electron chi connectivity index (χ0n) is 8.49. The van der Waals surface area contributed by atoms with Crippen LogP contribution in [0.2, 0.25) is 0 Å². The van der Waals surface area contributed by atoms with E-state index < -0.39 is 12.0 Å². The highest BCUT2D eigenvalue weighted by atomic mass is 16.4. The minimum Gasteiger partial charge on any atom is -0.480 e. The molecule has 0 aromatic heterocycles. The summed E-state index contributed by atoms with van der Waals surface area (Å²) in [5.74, 6) is -0.842. The predicted octanol–water partition coefficient (Wildman–Crippen LogP) is -0.330. The Morgan fingerprint density at radius 3 is 2.50 bits per heavy atom. The molecule has 2 atom stereocenters. The zero-order chi connectivity index (χ0) is 10.7. The van der Waals surface area contributed by atoms with Gasteiger partial charge in [-0.15, -0.1) is 0 Å². The molecule has 1 saturated heterocycles. The lowest BCUT2D eigenvalue weighted by Crippen LogP contribution is -2.52. The van der Waals surface area contributed by atoms with Gasteiger partial charge in [0, 0.05) is 19.5 Å². The molecule has 1 amide bonds. The van der Waals surface area contributed by atoms with E-state index in [9.17, 15) is 9.59 Å². The molecule has 0 radical (unpaired) electrons. The lowest BCUT2D eigenvalue weighted by molar-refractivity contribution is -0.144. The van der Waals surface area contributed by atoms with E-state index in [2.05, 4.69) is 5.32 Å². The van der Waals surface area contributed by atoms with Crippen LogP contribution in [0.25, 0.3) is 0 Å². The molecule has 1 fully saturated rings. The van der Waals surface area contributed by atoms with Gasteiger partial charge in [0.25, 0.3) is 0 Å². The average Bonchev–Trinajstić information content (AvgIpc) is 2.01. The number of rotatable bonds is 2. The minimum absolute atomic E-state index is 0.0582. The van der Waals surface area contributed by atoms with Crippen LogP contribution >= 0.6 is 0 Å². The van der Waals surface area contributed by atoms with Crippen molar-refractivity contribution in [3.8, 4) is 0 Å². The summed E-state index contributed by atoms with van der Waals surface area (Å²) >= 11 is 0. The Morgan fingerprint density at radius 1 is 1.43 bits per heavy atom. The summed E-state index contributed by atoms with van der Waals surface area (Å²) in [5.41, 5.74) is 0. The van der Waals surface area contributed by atoms with E-state index in [1.54, 1.807) is 11.9 Å². The quantitative estimate of drug-likeness (QED) is 0.640. The van der Waals surface area contributed by atoms with Crippen LogP contribution in [-0.4, -0.2) is 47.6 Å². The van der Waals surface area contributed by atoms with Crippen molar-refractivity contribution >= 4 is 11.9 Å². The Balaban J connectivity index is 2.46. The molecule has 2 N–H and O–H groups in total. The van der Waals surface area contributed by atoms with Crippen LogP contribution in [0, 0.1) is 0 Å². The summed E-state index contributed by atoms with van der Waals surface area (Å²) in [5, 5.41) is 11.6. The fourth-order valence-electron chi connectivity index (χ4n) is 1.86. The molecule has 2 unspecified atom stereocenters. The van der Waals surface area contributed by atoms with Crippen molar-refractivity contribution in [2.75, 3.05) is 13.6 Å². The number of piperidine rings is 1. The maximum absolute atomic E-state index is 10.8. The van der Waals surface area contributed by atoms with Crippen LogP contribution in [0.4, 0.5) is 0 Å².